The van der Waals surface area contributed by atoms with Crippen LogP contribution in [-0.4, -0.2) is 53.4 Å². The number of aliphatic hydroxyl groups excluding tert-OH is 1. The lowest BCUT2D eigenvalue weighted by atomic mass is 9.87. The summed E-state index contributed by atoms with van der Waals surface area (Å²) in [6.45, 7) is 10.7. The molecule has 4 rings (SSSR count). The van der Waals surface area contributed by atoms with Gasteiger partial charge in [0.15, 0.2) is 0 Å². The molecule has 1 saturated heterocycles. The molecular weight excluding hydrogens is 362 g/mol. The fourth-order valence-electron chi connectivity index (χ4n) is 4.68. The third-order valence-corrected chi connectivity index (χ3v) is 6.17. The molecule has 1 aromatic heterocycles. The van der Waals surface area contributed by atoms with Crippen LogP contribution in [-0.2, 0) is 12.8 Å². The summed E-state index contributed by atoms with van der Waals surface area (Å²) in [6, 6.07) is 4.64. The van der Waals surface area contributed by atoms with Crippen LogP contribution in [0.2, 0.25) is 0 Å². The lowest BCUT2D eigenvalue weighted by molar-refractivity contribution is 0.159. The summed E-state index contributed by atoms with van der Waals surface area (Å²) >= 11 is 0. The molecule has 1 aliphatic heterocycles. The molecule has 5 nitrogen and oxygen atoms in total. The molecule has 1 aliphatic carbocycles. The third-order valence-electron chi connectivity index (χ3n) is 6.17. The summed E-state index contributed by atoms with van der Waals surface area (Å²) in [4.78, 5) is 7.48. The Labute approximate surface area is 174 Å². The molecule has 0 saturated carbocycles. The molecule has 29 heavy (non-hydrogen) atoms. The predicted octanol–water partition coefficient (Wildman–Crippen LogP) is 4.08. The molecule has 158 valence electrons. The summed E-state index contributed by atoms with van der Waals surface area (Å²) in [5.74, 6) is 1.86. The molecule has 1 unspecified atom stereocenters. The Morgan fingerprint density at radius 3 is 2.79 bits per heavy atom. The average Bonchev–Trinajstić information content (AvgIpc) is 3.19. The van der Waals surface area contributed by atoms with Crippen LogP contribution in [0, 0.1) is 6.92 Å². The molecule has 2 heterocycles. The molecule has 2 aliphatic rings. The Kier molecular flexibility index (Phi) is 6.26. The van der Waals surface area contributed by atoms with Crippen molar-refractivity contribution in [2.24, 2.45) is 0 Å². The Balaban J connectivity index is 1.57. The van der Waals surface area contributed by atoms with Crippen molar-refractivity contribution in [2.75, 3.05) is 31.6 Å². The number of rotatable bonds is 7. The molecule has 5 heteroatoms. The van der Waals surface area contributed by atoms with Crippen LogP contribution < -0.4 is 10.1 Å². The van der Waals surface area contributed by atoms with E-state index in [2.05, 4.69) is 43.1 Å². The molecule has 1 atom stereocenters. The molecule has 0 spiro atoms. The lowest BCUT2D eigenvalue weighted by Crippen LogP contribution is -2.23. The largest absolute Gasteiger partial charge is 0.493 e. The van der Waals surface area contributed by atoms with Crippen molar-refractivity contribution in [1.29, 1.82) is 0 Å². The number of hydrogen-bond acceptors (Lipinski definition) is 5. The molecule has 1 fully saturated rings. The Hall–Kier alpha value is -1.85. The summed E-state index contributed by atoms with van der Waals surface area (Å²) < 4.78 is 6.16. The number of aromatic nitrogens is 1. The minimum atomic E-state index is -0.270. The molecule has 0 radical (unpaired) electrons. The van der Waals surface area contributed by atoms with Crippen molar-refractivity contribution < 1.29 is 9.84 Å². The molecule has 0 amide bonds. The summed E-state index contributed by atoms with van der Waals surface area (Å²) in [7, 11) is 0. The highest BCUT2D eigenvalue weighted by Crippen LogP contribution is 2.36. The summed E-state index contributed by atoms with van der Waals surface area (Å²) in [6.07, 6.45) is 5.87. The smallest absolute Gasteiger partial charge is 0.130 e. The van der Waals surface area contributed by atoms with Crippen LogP contribution in [0.25, 0.3) is 10.9 Å². The highest BCUT2D eigenvalue weighted by atomic mass is 16.5. The van der Waals surface area contributed by atoms with E-state index in [0.717, 1.165) is 49.5 Å². The van der Waals surface area contributed by atoms with Gasteiger partial charge in [0.1, 0.15) is 11.6 Å². The normalized spacial score (nSPS) is 19.7. The van der Waals surface area contributed by atoms with Gasteiger partial charge >= 0.3 is 0 Å². The number of ether oxygens (including phenoxy) is 1. The van der Waals surface area contributed by atoms with E-state index in [0.29, 0.717) is 12.5 Å². The van der Waals surface area contributed by atoms with Crippen LogP contribution >= 0.6 is 0 Å². The van der Waals surface area contributed by atoms with Crippen LogP contribution in [0.5, 0.6) is 5.75 Å². The minimum absolute atomic E-state index is 0.270. The molecular formula is C24H35N3O2. The van der Waals surface area contributed by atoms with Gasteiger partial charge in [-0.25, -0.2) is 4.98 Å². The van der Waals surface area contributed by atoms with Crippen LogP contribution in [0.4, 0.5) is 5.82 Å². The number of likely N-dealkylation sites (tertiary alicyclic amines) is 1. The second-order valence-electron chi connectivity index (χ2n) is 9.00. The van der Waals surface area contributed by atoms with Crippen LogP contribution in [0.1, 0.15) is 56.2 Å². The van der Waals surface area contributed by atoms with Gasteiger partial charge in [0.2, 0.25) is 0 Å². The number of nitrogens with zero attached hydrogens (tertiary/aromatic N) is 2. The van der Waals surface area contributed by atoms with Crippen molar-refractivity contribution >= 4 is 16.7 Å². The molecule has 1 aromatic carbocycles. The number of anilines is 1. The zero-order valence-corrected chi connectivity index (χ0v) is 18.1. The highest BCUT2D eigenvalue weighted by Gasteiger charge is 2.24. The first-order chi connectivity index (χ1) is 14.0. The molecule has 2 aromatic rings. The van der Waals surface area contributed by atoms with Gasteiger partial charge in [-0.1, -0.05) is 0 Å². The van der Waals surface area contributed by atoms with Crippen LogP contribution in [0.15, 0.2) is 12.1 Å². The highest BCUT2D eigenvalue weighted by molar-refractivity contribution is 5.88. The van der Waals surface area contributed by atoms with E-state index in [-0.39, 0.29) is 6.10 Å². The third kappa shape index (κ3) is 4.67. The van der Waals surface area contributed by atoms with Crippen molar-refractivity contribution in [3.8, 4) is 5.75 Å². The van der Waals surface area contributed by atoms with Gasteiger partial charge in [-0.05, 0) is 83.2 Å². The average molecular weight is 398 g/mol. The number of hydrogen-bond donors (Lipinski definition) is 2. The van der Waals surface area contributed by atoms with E-state index in [9.17, 15) is 5.11 Å². The Morgan fingerprint density at radius 2 is 2.03 bits per heavy atom. The maximum absolute atomic E-state index is 10.2. The van der Waals surface area contributed by atoms with Gasteiger partial charge in [0, 0.05) is 36.0 Å². The Morgan fingerprint density at radius 1 is 1.24 bits per heavy atom. The van der Waals surface area contributed by atoms with Crippen molar-refractivity contribution in [1.82, 2.24) is 9.88 Å². The first-order valence-corrected chi connectivity index (χ1v) is 11.3. The second-order valence-corrected chi connectivity index (χ2v) is 9.00. The van der Waals surface area contributed by atoms with Crippen molar-refractivity contribution in [3.05, 3.63) is 28.8 Å². The topological polar surface area (TPSA) is 57.6 Å². The van der Waals surface area contributed by atoms with Gasteiger partial charge in [-0.2, -0.15) is 0 Å². The quantitative estimate of drug-likeness (QED) is 0.690. The monoisotopic (exact) mass is 397 g/mol. The van der Waals surface area contributed by atoms with E-state index in [4.69, 9.17) is 9.72 Å². The maximum atomic E-state index is 10.2. The van der Waals surface area contributed by atoms with Gasteiger partial charge in [0.25, 0.3) is 0 Å². The minimum Gasteiger partial charge on any atom is -0.493 e. The molecule has 0 bridgehead atoms. The van der Waals surface area contributed by atoms with E-state index in [1.807, 2.05) is 0 Å². The Bertz CT molecular complexity index is 859. The van der Waals surface area contributed by atoms with Crippen molar-refractivity contribution in [2.45, 2.75) is 71.4 Å². The number of nitrogens with one attached hydrogen (secondary N) is 1. The van der Waals surface area contributed by atoms with Gasteiger partial charge < -0.3 is 20.1 Å². The SMILES string of the molecule is Cc1cc2c3c(c(NC(C)C)nc2cc1OCCCN1CCCC1)CC(O)CC3. The first-order valence-electron chi connectivity index (χ1n) is 11.3. The maximum Gasteiger partial charge on any atom is 0.130 e. The standard InChI is InChI=1S/C24H35N3O2/c1-16(2)25-24-21-14-18(28)7-8-19(21)20-13-17(3)23(15-22(20)26-24)29-12-6-11-27-9-4-5-10-27/h13,15-16,18,28H,4-12,14H2,1-3H3,(H,25,26). The fourth-order valence-corrected chi connectivity index (χ4v) is 4.68. The first kappa shape index (κ1) is 20.4. The second kappa shape index (κ2) is 8.88. The van der Waals surface area contributed by atoms with E-state index in [1.165, 1.54) is 48.0 Å². The predicted molar refractivity (Wildman–Crippen MR) is 119 cm³/mol. The van der Waals surface area contributed by atoms with E-state index >= 15 is 0 Å². The number of pyridine rings is 1. The zero-order valence-electron chi connectivity index (χ0n) is 18.1. The molecule has 2 N–H and O–H groups in total. The van der Waals surface area contributed by atoms with E-state index < -0.39 is 0 Å². The number of benzene rings is 1. The van der Waals surface area contributed by atoms with Gasteiger partial charge in [0.05, 0.1) is 18.2 Å². The van der Waals surface area contributed by atoms with Gasteiger partial charge in [-0.3, -0.25) is 0 Å². The zero-order chi connectivity index (χ0) is 20.4. The van der Waals surface area contributed by atoms with Gasteiger partial charge in [-0.15, -0.1) is 0 Å². The van der Waals surface area contributed by atoms with Crippen molar-refractivity contribution in [3.63, 3.8) is 0 Å². The number of aliphatic hydroxyl groups is 1. The number of aryl methyl sites for hydroxylation is 2. The van der Waals surface area contributed by atoms with E-state index in [1.54, 1.807) is 0 Å². The fraction of sp³-hybridized carbons (Fsp3) is 0.625. The summed E-state index contributed by atoms with van der Waals surface area (Å²) in [5, 5.41) is 14.9. The number of fused-ring (bicyclic) bond motifs is 3. The lowest BCUT2D eigenvalue weighted by Gasteiger charge is -2.26. The summed E-state index contributed by atoms with van der Waals surface area (Å²) in [5.41, 5.74) is 4.68. The van der Waals surface area contributed by atoms with Crippen LogP contribution in [0.3, 0.4) is 0 Å².